The predicted octanol–water partition coefficient (Wildman–Crippen LogP) is 2.43. The van der Waals surface area contributed by atoms with Crippen molar-refractivity contribution in [2.45, 2.75) is 19.4 Å². The van der Waals surface area contributed by atoms with Crippen LogP contribution in [0.3, 0.4) is 0 Å². The van der Waals surface area contributed by atoms with Gasteiger partial charge in [0.2, 0.25) is 5.89 Å². The summed E-state index contributed by atoms with van der Waals surface area (Å²) in [5, 5.41) is 12.0. The number of oxazole rings is 1. The molecule has 1 aliphatic rings. The largest absolute Gasteiger partial charge is 0.438 e. The molecule has 1 aliphatic heterocycles. The van der Waals surface area contributed by atoms with Gasteiger partial charge in [-0.15, -0.1) is 0 Å². The van der Waals surface area contributed by atoms with Gasteiger partial charge in [0.25, 0.3) is 0 Å². The molecule has 1 fully saturated rings. The Bertz CT molecular complexity index is 656. The Morgan fingerprint density at radius 1 is 1.48 bits per heavy atom. The molecule has 0 aliphatic carbocycles. The topological polar surface area (TPSA) is 78.6 Å². The molecule has 1 saturated heterocycles. The molecule has 2 heterocycles. The first-order valence-corrected chi connectivity index (χ1v) is 7.85. The summed E-state index contributed by atoms with van der Waals surface area (Å²) in [6, 6.07) is 9.27. The molecule has 0 bridgehead atoms. The molecule has 2 unspecified atom stereocenters. The number of aromatic nitrogens is 1. The minimum atomic E-state index is -0.312. The van der Waals surface area contributed by atoms with Gasteiger partial charge in [0.05, 0.1) is 6.20 Å². The van der Waals surface area contributed by atoms with E-state index in [-0.39, 0.29) is 24.6 Å². The SMILES string of the molecule is CC(NC(=O)N1CCC(CO)C1)c1ncc(-c2ccccc2)o1. The minimum absolute atomic E-state index is 0.125. The van der Waals surface area contributed by atoms with Gasteiger partial charge in [-0.1, -0.05) is 30.3 Å². The van der Waals surface area contributed by atoms with E-state index in [0.29, 0.717) is 24.7 Å². The van der Waals surface area contributed by atoms with Crippen molar-refractivity contribution in [1.29, 1.82) is 0 Å². The molecular weight excluding hydrogens is 294 g/mol. The monoisotopic (exact) mass is 315 g/mol. The number of carbonyl (C=O) groups is 1. The zero-order valence-electron chi connectivity index (χ0n) is 13.1. The second kappa shape index (κ2) is 6.83. The molecule has 6 heteroatoms. The number of carbonyl (C=O) groups excluding carboxylic acids is 1. The summed E-state index contributed by atoms with van der Waals surface area (Å²) < 4.78 is 5.75. The summed E-state index contributed by atoms with van der Waals surface area (Å²) in [5.41, 5.74) is 0.954. The van der Waals surface area contributed by atoms with Crippen LogP contribution in [0.25, 0.3) is 11.3 Å². The smallest absolute Gasteiger partial charge is 0.318 e. The second-order valence-electron chi connectivity index (χ2n) is 5.88. The first-order valence-electron chi connectivity index (χ1n) is 7.85. The number of amides is 2. The first kappa shape index (κ1) is 15.6. The summed E-state index contributed by atoms with van der Waals surface area (Å²) in [6.45, 7) is 3.23. The van der Waals surface area contributed by atoms with Gasteiger partial charge in [0.1, 0.15) is 6.04 Å². The second-order valence-corrected chi connectivity index (χ2v) is 5.88. The number of likely N-dealkylation sites (tertiary alicyclic amines) is 1. The Balaban J connectivity index is 1.61. The molecule has 2 N–H and O–H groups in total. The molecule has 1 aromatic heterocycles. The van der Waals surface area contributed by atoms with Crippen LogP contribution >= 0.6 is 0 Å². The zero-order valence-corrected chi connectivity index (χ0v) is 13.1. The molecule has 122 valence electrons. The molecule has 1 aromatic carbocycles. The molecular formula is C17H21N3O3. The van der Waals surface area contributed by atoms with Gasteiger partial charge < -0.3 is 19.7 Å². The highest BCUT2D eigenvalue weighted by molar-refractivity contribution is 5.74. The fraction of sp³-hybridized carbons (Fsp3) is 0.412. The molecule has 2 atom stereocenters. The molecule has 6 nitrogen and oxygen atoms in total. The fourth-order valence-corrected chi connectivity index (χ4v) is 2.73. The van der Waals surface area contributed by atoms with Crippen molar-refractivity contribution < 1.29 is 14.3 Å². The lowest BCUT2D eigenvalue weighted by Crippen LogP contribution is -2.39. The predicted molar refractivity (Wildman–Crippen MR) is 85.7 cm³/mol. The number of urea groups is 1. The Kier molecular flexibility index (Phi) is 4.62. The number of nitrogens with zero attached hydrogens (tertiary/aromatic N) is 2. The van der Waals surface area contributed by atoms with Crippen molar-refractivity contribution in [3.63, 3.8) is 0 Å². The number of aliphatic hydroxyl groups excluding tert-OH is 1. The van der Waals surface area contributed by atoms with Gasteiger partial charge in [-0.2, -0.15) is 0 Å². The average molecular weight is 315 g/mol. The van der Waals surface area contributed by atoms with Crippen LogP contribution in [0.2, 0.25) is 0 Å². The van der Waals surface area contributed by atoms with Crippen LogP contribution in [-0.4, -0.2) is 40.7 Å². The van der Waals surface area contributed by atoms with E-state index >= 15 is 0 Å². The number of hydrogen-bond donors (Lipinski definition) is 2. The number of nitrogens with one attached hydrogen (secondary N) is 1. The number of hydrogen-bond acceptors (Lipinski definition) is 4. The Morgan fingerprint density at radius 2 is 2.26 bits per heavy atom. The van der Waals surface area contributed by atoms with Crippen LogP contribution < -0.4 is 5.32 Å². The summed E-state index contributed by atoms with van der Waals surface area (Å²) in [5.74, 6) is 1.35. The van der Waals surface area contributed by atoms with Gasteiger partial charge in [-0.3, -0.25) is 0 Å². The average Bonchev–Trinajstić information content (AvgIpc) is 3.25. The van der Waals surface area contributed by atoms with Gasteiger partial charge in [0.15, 0.2) is 5.76 Å². The van der Waals surface area contributed by atoms with Crippen LogP contribution in [0.4, 0.5) is 4.79 Å². The lowest BCUT2D eigenvalue weighted by molar-refractivity contribution is 0.194. The lowest BCUT2D eigenvalue weighted by atomic mass is 10.1. The standard InChI is InChI=1S/C17H21N3O3/c1-12(19-17(22)20-8-7-13(10-20)11-21)16-18-9-15(23-16)14-5-3-2-4-6-14/h2-6,9,12-13,21H,7-8,10-11H2,1H3,(H,19,22). The fourth-order valence-electron chi connectivity index (χ4n) is 2.73. The van der Waals surface area contributed by atoms with Crippen molar-refractivity contribution in [1.82, 2.24) is 15.2 Å². The Hall–Kier alpha value is -2.34. The van der Waals surface area contributed by atoms with Crippen LogP contribution in [-0.2, 0) is 0 Å². The van der Waals surface area contributed by atoms with E-state index in [9.17, 15) is 4.79 Å². The van der Waals surface area contributed by atoms with E-state index in [1.54, 1.807) is 11.1 Å². The summed E-state index contributed by atoms with van der Waals surface area (Å²) in [7, 11) is 0. The molecule has 0 saturated carbocycles. The molecule has 23 heavy (non-hydrogen) atoms. The van der Waals surface area contributed by atoms with Crippen LogP contribution in [0.15, 0.2) is 40.9 Å². The highest BCUT2D eigenvalue weighted by atomic mass is 16.4. The van der Waals surface area contributed by atoms with E-state index in [4.69, 9.17) is 9.52 Å². The summed E-state index contributed by atoms with van der Waals surface area (Å²) in [4.78, 5) is 18.2. The lowest BCUT2D eigenvalue weighted by Gasteiger charge is -2.19. The summed E-state index contributed by atoms with van der Waals surface area (Å²) >= 11 is 0. The van der Waals surface area contributed by atoms with E-state index in [1.807, 2.05) is 37.3 Å². The van der Waals surface area contributed by atoms with E-state index in [0.717, 1.165) is 12.0 Å². The third kappa shape index (κ3) is 3.53. The highest BCUT2D eigenvalue weighted by Crippen LogP contribution is 2.23. The van der Waals surface area contributed by atoms with Crippen molar-refractivity contribution in [2.75, 3.05) is 19.7 Å². The zero-order chi connectivity index (χ0) is 16.2. The maximum atomic E-state index is 12.2. The quantitative estimate of drug-likeness (QED) is 0.908. The number of benzene rings is 1. The molecule has 3 rings (SSSR count). The third-order valence-electron chi connectivity index (χ3n) is 4.12. The van der Waals surface area contributed by atoms with Crippen molar-refractivity contribution >= 4 is 6.03 Å². The van der Waals surface area contributed by atoms with Crippen molar-refractivity contribution in [3.05, 3.63) is 42.4 Å². The third-order valence-corrected chi connectivity index (χ3v) is 4.12. The molecule has 2 aromatic rings. The van der Waals surface area contributed by atoms with Gasteiger partial charge in [-0.05, 0) is 13.3 Å². The van der Waals surface area contributed by atoms with E-state index in [2.05, 4.69) is 10.3 Å². The Morgan fingerprint density at radius 3 is 2.96 bits per heavy atom. The minimum Gasteiger partial charge on any atom is -0.438 e. The van der Waals surface area contributed by atoms with Crippen LogP contribution in [0.5, 0.6) is 0 Å². The molecule has 0 radical (unpaired) electrons. The Labute approximate surface area is 135 Å². The van der Waals surface area contributed by atoms with Crippen molar-refractivity contribution in [2.24, 2.45) is 5.92 Å². The van der Waals surface area contributed by atoms with Crippen LogP contribution in [0, 0.1) is 5.92 Å². The number of rotatable bonds is 4. The van der Waals surface area contributed by atoms with Gasteiger partial charge in [-0.25, -0.2) is 9.78 Å². The van der Waals surface area contributed by atoms with E-state index < -0.39 is 0 Å². The molecule has 0 spiro atoms. The van der Waals surface area contributed by atoms with Gasteiger partial charge >= 0.3 is 6.03 Å². The summed E-state index contributed by atoms with van der Waals surface area (Å²) in [6.07, 6.45) is 2.51. The maximum Gasteiger partial charge on any atom is 0.318 e. The first-order chi connectivity index (χ1) is 11.2. The normalized spacial score (nSPS) is 18.9. The highest BCUT2D eigenvalue weighted by Gasteiger charge is 2.27. The molecule has 2 amide bonds. The maximum absolute atomic E-state index is 12.2. The van der Waals surface area contributed by atoms with E-state index in [1.165, 1.54) is 0 Å². The number of aliphatic hydroxyl groups is 1. The van der Waals surface area contributed by atoms with Crippen LogP contribution in [0.1, 0.15) is 25.3 Å². The van der Waals surface area contributed by atoms with Gasteiger partial charge in [0, 0.05) is 31.2 Å². The van der Waals surface area contributed by atoms with Crippen molar-refractivity contribution in [3.8, 4) is 11.3 Å².